The Kier molecular flexibility index (Phi) is 5.25. The van der Waals surface area contributed by atoms with Crippen molar-refractivity contribution in [3.05, 3.63) is 58.6 Å². The van der Waals surface area contributed by atoms with Gasteiger partial charge in [0.1, 0.15) is 4.61 Å². The lowest BCUT2D eigenvalue weighted by atomic mass is 10.0. The number of carbonyl (C=O) groups excluding carboxylic acids is 1. The Morgan fingerprint density at radius 3 is 2.35 bits per heavy atom. The molecule has 0 N–H and O–H groups in total. The van der Waals surface area contributed by atoms with Crippen molar-refractivity contribution >= 4 is 40.0 Å². The molecule has 2 rings (SSSR count). The summed E-state index contributed by atoms with van der Waals surface area (Å²) >= 11 is 7.92. The van der Waals surface area contributed by atoms with Crippen LogP contribution in [-0.2, 0) is 0 Å². The third-order valence-electron chi connectivity index (χ3n) is 2.74. The van der Waals surface area contributed by atoms with Gasteiger partial charge in [0.05, 0.1) is 7.11 Å². The molecule has 0 atom stereocenters. The standard InChI is InChI=1S/C15H12ClIO3/c1-19-14-8-11(4-7-13(14)20-9-17)15(18)10-2-5-12(16)6-3-10/h2-8H,9H2,1H3. The summed E-state index contributed by atoms with van der Waals surface area (Å²) in [6.07, 6.45) is 0. The van der Waals surface area contributed by atoms with Gasteiger partial charge < -0.3 is 9.47 Å². The van der Waals surface area contributed by atoms with E-state index in [1.165, 1.54) is 0 Å². The first-order valence-electron chi connectivity index (χ1n) is 5.82. The zero-order valence-corrected chi connectivity index (χ0v) is 13.6. The van der Waals surface area contributed by atoms with E-state index in [-0.39, 0.29) is 5.78 Å². The van der Waals surface area contributed by atoms with E-state index in [4.69, 9.17) is 21.1 Å². The van der Waals surface area contributed by atoms with Gasteiger partial charge in [0.15, 0.2) is 17.3 Å². The molecule has 20 heavy (non-hydrogen) atoms. The number of benzene rings is 2. The Bertz CT molecular complexity index is 611. The van der Waals surface area contributed by atoms with Gasteiger partial charge in [0.25, 0.3) is 0 Å². The van der Waals surface area contributed by atoms with Crippen molar-refractivity contribution in [2.24, 2.45) is 0 Å². The minimum absolute atomic E-state index is 0.0824. The first-order chi connectivity index (χ1) is 9.65. The number of methoxy groups -OCH3 is 1. The molecule has 2 aromatic carbocycles. The van der Waals surface area contributed by atoms with Crippen molar-refractivity contribution < 1.29 is 14.3 Å². The summed E-state index contributed by atoms with van der Waals surface area (Å²) in [5.41, 5.74) is 1.13. The van der Waals surface area contributed by atoms with Gasteiger partial charge in [-0.15, -0.1) is 0 Å². The smallest absolute Gasteiger partial charge is 0.193 e. The molecular formula is C15H12ClIO3. The van der Waals surface area contributed by atoms with E-state index in [1.54, 1.807) is 49.6 Å². The second kappa shape index (κ2) is 6.95. The van der Waals surface area contributed by atoms with E-state index in [9.17, 15) is 4.79 Å². The minimum atomic E-state index is -0.0824. The van der Waals surface area contributed by atoms with E-state index in [0.717, 1.165) is 0 Å². The van der Waals surface area contributed by atoms with Gasteiger partial charge in [0.2, 0.25) is 0 Å². The lowest BCUT2D eigenvalue weighted by molar-refractivity contribution is 0.103. The van der Waals surface area contributed by atoms with Crippen LogP contribution in [0.3, 0.4) is 0 Å². The van der Waals surface area contributed by atoms with Crippen LogP contribution in [-0.4, -0.2) is 17.5 Å². The fraction of sp³-hybridized carbons (Fsp3) is 0.133. The van der Waals surface area contributed by atoms with Gasteiger partial charge in [-0.05, 0) is 65.1 Å². The molecule has 104 valence electrons. The molecule has 0 heterocycles. The zero-order chi connectivity index (χ0) is 14.5. The summed E-state index contributed by atoms with van der Waals surface area (Å²) in [5, 5.41) is 0.602. The van der Waals surface area contributed by atoms with Gasteiger partial charge in [-0.2, -0.15) is 0 Å². The summed E-state index contributed by atoms with van der Waals surface area (Å²) in [5.74, 6) is 1.08. The molecule has 0 fully saturated rings. The van der Waals surface area contributed by atoms with Crippen molar-refractivity contribution in [1.82, 2.24) is 0 Å². The van der Waals surface area contributed by atoms with Crippen molar-refractivity contribution in [3.63, 3.8) is 0 Å². The second-order valence-electron chi connectivity index (χ2n) is 3.96. The largest absolute Gasteiger partial charge is 0.493 e. The summed E-state index contributed by atoms with van der Waals surface area (Å²) in [7, 11) is 1.55. The molecule has 0 saturated carbocycles. The van der Waals surface area contributed by atoms with Crippen LogP contribution in [0.2, 0.25) is 5.02 Å². The highest BCUT2D eigenvalue weighted by atomic mass is 127. The maximum Gasteiger partial charge on any atom is 0.193 e. The fourth-order valence-electron chi connectivity index (χ4n) is 1.75. The van der Waals surface area contributed by atoms with Crippen LogP contribution in [0.15, 0.2) is 42.5 Å². The van der Waals surface area contributed by atoms with Crippen molar-refractivity contribution in [2.45, 2.75) is 0 Å². The summed E-state index contributed by atoms with van der Waals surface area (Å²) in [6, 6.07) is 11.9. The monoisotopic (exact) mass is 402 g/mol. The summed E-state index contributed by atoms with van der Waals surface area (Å²) < 4.78 is 11.2. The molecule has 3 nitrogen and oxygen atoms in total. The maximum absolute atomic E-state index is 12.4. The molecule has 0 aliphatic heterocycles. The average Bonchev–Trinajstić information content (AvgIpc) is 2.48. The van der Waals surface area contributed by atoms with Gasteiger partial charge in [-0.3, -0.25) is 4.79 Å². The SMILES string of the molecule is COc1cc(C(=O)c2ccc(Cl)cc2)ccc1OCI. The predicted molar refractivity (Wildman–Crippen MR) is 87.4 cm³/mol. The number of carbonyl (C=O) groups is 1. The Hall–Kier alpha value is -1.27. The van der Waals surface area contributed by atoms with Crippen LogP contribution in [0.25, 0.3) is 0 Å². The molecule has 0 saturated heterocycles. The number of ether oxygens (including phenoxy) is 2. The number of hydrogen-bond acceptors (Lipinski definition) is 3. The molecule has 0 aromatic heterocycles. The van der Waals surface area contributed by atoms with E-state index in [2.05, 4.69) is 22.6 Å². The molecule has 0 spiro atoms. The van der Waals surface area contributed by atoms with Crippen LogP contribution in [0.5, 0.6) is 11.5 Å². The maximum atomic E-state index is 12.4. The molecular weight excluding hydrogens is 391 g/mol. The predicted octanol–water partition coefficient (Wildman–Crippen LogP) is 4.35. The normalized spacial score (nSPS) is 10.2. The van der Waals surface area contributed by atoms with Crippen molar-refractivity contribution in [3.8, 4) is 11.5 Å². The first kappa shape index (κ1) is 15.1. The molecule has 0 aliphatic carbocycles. The molecule has 5 heteroatoms. The lowest BCUT2D eigenvalue weighted by Crippen LogP contribution is -2.02. The molecule has 0 bridgehead atoms. The fourth-order valence-corrected chi connectivity index (χ4v) is 2.22. The highest BCUT2D eigenvalue weighted by molar-refractivity contribution is 14.1. The van der Waals surface area contributed by atoms with Gasteiger partial charge in [-0.1, -0.05) is 11.6 Å². The average molecular weight is 403 g/mol. The lowest BCUT2D eigenvalue weighted by Gasteiger charge is -2.10. The quantitative estimate of drug-likeness (QED) is 0.424. The number of rotatable bonds is 5. The summed E-state index contributed by atoms with van der Waals surface area (Å²) in [4.78, 5) is 12.4. The molecule has 0 aliphatic rings. The molecule has 2 aromatic rings. The van der Waals surface area contributed by atoms with Crippen LogP contribution in [0, 0.1) is 0 Å². The Labute approximate surface area is 136 Å². The second-order valence-corrected chi connectivity index (χ2v) is 5.01. The Morgan fingerprint density at radius 2 is 1.75 bits per heavy atom. The number of ketones is 1. The first-order valence-corrected chi connectivity index (χ1v) is 7.73. The third-order valence-corrected chi connectivity index (χ3v) is 3.31. The highest BCUT2D eigenvalue weighted by Crippen LogP contribution is 2.29. The van der Waals surface area contributed by atoms with Gasteiger partial charge >= 0.3 is 0 Å². The number of alkyl halides is 1. The van der Waals surface area contributed by atoms with E-state index in [1.807, 2.05) is 0 Å². The highest BCUT2D eigenvalue weighted by Gasteiger charge is 2.13. The summed E-state index contributed by atoms with van der Waals surface area (Å²) in [6.45, 7) is 0. The zero-order valence-electron chi connectivity index (χ0n) is 10.7. The van der Waals surface area contributed by atoms with Gasteiger partial charge in [0, 0.05) is 16.1 Å². The minimum Gasteiger partial charge on any atom is -0.493 e. The van der Waals surface area contributed by atoms with Crippen LogP contribution in [0.4, 0.5) is 0 Å². The topological polar surface area (TPSA) is 35.5 Å². The van der Waals surface area contributed by atoms with E-state index >= 15 is 0 Å². The number of hydrogen-bond donors (Lipinski definition) is 0. The Balaban J connectivity index is 2.32. The third kappa shape index (κ3) is 3.43. The van der Waals surface area contributed by atoms with Gasteiger partial charge in [-0.25, -0.2) is 0 Å². The number of halogens is 2. The molecule has 0 radical (unpaired) electrons. The molecule has 0 unspecified atom stereocenters. The Morgan fingerprint density at radius 1 is 1.10 bits per heavy atom. The van der Waals surface area contributed by atoms with Crippen LogP contribution < -0.4 is 9.47 Å². The van der Waals surface area contributed by atoms with Crippen molar-refractivity contribution in [2.75, 3.05) is 11.7 Å². The van der Waals surface area contributed by atoms with E-state index < -0.39 is 0 Å². The van der Waals surface area contributed by atoms with Crippen molar-refractivity contribution in [1.29, 1.82) is 0 Å². The van der Waals surface area contributed by atoms with Crippen LogP contribution >= 0.6 is 34.2 Å². The molecule has 0 amide bonds. The van der Waals surface area contributed by atoms with Crippen LogP contribution in [0.1, 0.15) is 15.9 Å². The van der Waals surface area contributed by atoms with E-state index in [0.29, 0.717) is 32.3 Å².